The molecule has 3 rings (SSSR count). The first-order valence-corrected chi connectivity index (χ1v) is 5.97. The lowest BCUT2D eigenvalue weighted by atomic mass is 10.1. The molecule has 0 unspecified atom stereocenters. The number of aromatic nitrogens is 3. The Bertz CT molecular complexity index is 832. The van der Waals surface area contributed by atoms with E-state index in [2.05, 4.69) is 9.97 Å². The highest BCUT2D eigenvalue weighted by molar-refractivity contribution is 6.31. The van der Waals surface area contributed by atoms with E-state index in [1.165, 1.54) is 28.9 Å². The van der Waals surface area contributed by atoms with Crippen molar-refractivity contribution in [2.75, 3.05) is 0 Å². The molecule has 5 nitrogen and oxygen atoms in total. The molecule has 2 aromatic heterocycles. The number of nitrogens with zero attached hydrogens (tertiary/aromatic N) is 3. The summed E-state index contributed by atoms with van der Waals surface area (Å²) in [7, 11) is 0. The molecule has 0 saturated carbocycles. The number of benzene rings is 1. The maximum absolute atomic E-state index is 13.2. The lowest BCUT2D eigenvalue weighted by Gasteiger charge is -2.05. The molecule has 2 heterocycles. The third-order valence-electron chi connectivity index (χ3n) is 2.80. The van der Waals surface area contributed by atoms with Crippen LogP contribution in [0.15, 0.2) is 36.7 Å². The van der Waals surface area contributed by atoms with E-state index in [0.29, 0.717) is 11.3 Å². The molecule has 0 amide bonds. The van der Waals surface area contributed by atoms with E-state index in [4.69, 9.17) is 16.7 Å². The van der Waals surface area contributed by atoms with Gasteiger partial charge in [0.15, 0.2) is 5.69 Å². The Kier molecular flexibility index (Phi) is 2.87. The highest BCUT2D eigenvalue weighted by Crippen LogP contribution is 2.25. The van der Waals surface area contributed by atoms with Crippen molar-refractivity contribution >= 4 is 23.3 Å². The summed E-state index contributed by atoms with van der Waals surface area (Å²) in [6, 6.07) is 5.94. The highest BCUT2D eigenvalue weighted by atomic mass is 35.5. The summed E-state index contributed by atoms with van der Waals surface area (Å²) in [5, 5.41) is 8.95. The smallest absolute Gasteiger partial charge is 0.356 e. The molecule has 0 saturated heterocycles. The quantitative estimate of drug-likeness (QED) is 0.788. The van der Waals surface area contributed by atoms with Gasteiger partial charge in [0.05, 0.1) is 10.7 Å². The van der Waals surface area contributed by atoms with Crippen molar-refractivity contribution in [3.63, 3.8) is 0 Å². The van der Waals surface area contributed by atoms with Gasteiger partial charge in [-0.05, 0) is 24.3 Å². The van der Waals surface area contributed by atoms with Crippen LogP contribution < -0.4 is 0 Å². The van der Waals surface area contributed by atoms with E-state index < -0.39 is 11.8 Å². The van der Waals surface area contributed by atoms with Gasteiger partial charge < -0.3 is 5.11 Å². The lowest BCUT2D eigenvalue weighted by Crippen LogP contribution is -1.95. The summed E-state index contributed by atoms with van der Waals surface area (Å²) < 4.78 is 14.7. The van der Waals surface area contributed by atoms with Crippen LogP contribution in [0, 0.1) is 5.82 Å². The van der Waals surface area contributed by atoms with Crippen LogP contribution in [0.5, 0.6) is 0 Å². The minimum Gasteiger partial charge on any atom is -0.476 e. The van der Waals surface area contributed by atoms with Crippen molar-refractivity contribution in [1.82, 2.24) is 14.4 Å². The fourth-order valence-corrected chi connectivity index (χ4v) is 2.07. The molecule has 0 fully saturated rings. The standard InChI is InChI=1S/C13H7ClFN3O2/c14-8-5-7(1-2-9(8)15)11-3-4-16-13-17-10(12(19)20)6-18(11)13/h1-6H,(H,19,20). The van der Waals surface area contributed by atoms with Gasteiger partial charge in [-0.2, -0.15) is 0 Å². The Morgan fingerprint density at radius 3 is 2.85 bits per heavy atom. The van der Waals surface area contributed by atoms with E-state index >= 15 is 0 Å². The number of carboxylic acids is 1. The largest absolute Gasteiger partial charge is 0.476 e. The molecule has 0 radical (unpaired) electrons. The monoisotopic (exact) mass is 291 g/mol. The molecule has 20 heavy (non-hydrogen) atoms. The molecule has 7 heteroatoms. The summed E-state index contributed by atoms with van der Waals surface area (Å²) in [5.74, 6) is -1.41. The van der Waals surface area contributed by atoms with Crippen molar-refractivity contribution in [2.45, 2.75) is 0 Å². The second-order valence-corrected chi connectivity index (χ2v) is 4.47. The van der Waals surface area contributed by atoms with Crippen LogP contribution in [-0.2, 0) is 0 Å². The van der Waals surface area contributed by atoms with Gasteiger partial charge in [-0.3, -0.25) is 4.40 Å². The number of hydrogen-bond donors (Lipinski definition) is 1. The highest BCUT2D eigenvalue weighted by Gasteiger charge is 2.13. The number of hydrogen-bond acceptors (Lipinski definition) is 3. The zero-order chi connectivity index (χ0) is 14.3. The van der Waals surface area contributed by atoms with Crippen LogP contribution in [-0.4, -0.2) is 25.4 Å². The minimum atomic E-state index is -1.14. The number of fused-ring (bicyclic) bond motifs is 1. The summed E-state index contributed by atoms with van der Waals surface area (Å²) in [6.07, 6.45) is 2.86. The molecular formula is C13H7ClFN3O2. The van der Waals surface area contributed by atoms with Crippen LogP contribution in [0.4, 0.5) is 4.39 Å². The van der Waals surface area contributed by atoms with Crippen LogP contribution in [0.1, 0.15) is 10.5 Å². The molecule has 0 aliphatic carbocycles. The lowest BCUT2D eigenvalue weighted by molar-refractivity contribution is 0.0691. The average Bonchev–Trinajstić information content (AvgIpc) is 2.86. The normalized spacial score (nSPS) is 10.9. The third kappa shape index (κ3) is 2.00. The third-order valence-corrected chi connectivity index (χ3v) is 3.09. The molecule has 1 aromatic carbocycles. The van der Waals surface area contributed by atoms with Gasteiger partial charge in [-0.1, -0.05) is 11.6 Å². The maximum Gasteiger partial charge on any atom is 0.356 e. The average molecular weight is 292 g/mol. The van der Waals surface area contributed by atoms with Gasteiger partial charge in [0.25, 0.3) is 0 Å². The van der Waals surface area contributed by atoms with Gasteiger partial charge in [0.1, 0.15) is 5.82 Å². The SMILES string of the molecule is O=C(O)c1cn2c(-c3ccc(F)c(Cl)c3)ccnc2n1. The van der Waals surface area contributed by atoms with Crippen LogP contribution in [0.2, 0.25) is 5.02 Å². The second-order valence-electron chi connectivity index (χ2n) is 4.06. The number of carboxylic acid groups (broad SMARTS) is 1. The molecule has 1 N–H and O–H groups in total. The predicted molar refractivity (Wildman–Crippen MR) is 70.4 cm³/mol. The topological polar surface area (TPSA) is 67.5 Å². The van der Waals surface area contributed by atoms with E-state index in [9.17, 15) is 9.18 Å². The minimum absolute atomic E-state index is 0.00830. The summed E-state index contributed by atoms with van der Waals surface area (Å²) >= 11 is 5.76. The first kappa shape index (κ1) is 12.6. The molecule has 100 valence electrons. The van der Waals surface area contributed by atoms with E-state index in [1.807, 2.05) is 0 Å². The zero-order valence-corrected chi connectivity index (χ0v) is 10.7. The van der Waals surface area contributed by atoms with E-state index in [1.54, 1.807) is 12.1 Å². The Morgan fingerprint density at radius 1 is 1.35 bits per heavy atom. The van der Waals surface area contributed by atoms with Crippen molar-refractivity contribution < 1.29 is 14.3 Å². The molecule has 0 spiro atoms. The van der Waals surface area contributed by atoms with Crippen LogP contribution in [0.25, 0.3) is 17.0 Å². The van der Waals surface area contributed by atoms with E-state index in [0.717, 1.165) is 0 Å². The number of aromatic carboxylic acids is 1. The number of imidazole rings is 1. The zero-order valence-electron chi connectivity index (χ0n) is 9.92. The van der Waals surface area contributed by atoms with Gasteiger partial charge in [0, 0.05) is 18.0 Å². The number of carbonyl (C=O) groups is 1. The Hall–Kier alpha value is -2.47. The molecule has 0 atom stereocenters. The summed E-state index contributed by atoms with van der Waals surface area (Å²) in [6.45, 7) is 0. The summed E-state index contributed by atoms with van der Waals surface area (Å²) in [5.41, 5.74) is 1.15. The van der Waals surface area contributed by atoms with Gasteiger partial charge in [-0.25, -0.2) is 19.2 Å². The molecular weight excluding hydrogens is 285 g/mol. The van der Waals surface area contributed by atoms with Gasteiger partial charge >= 0.3 is 5.97 Å². The van der Waals surface area contributed by atoms with Crippen molar-refractivity contribution in [3.8, 4) is 11.3 Å². The first-order chi connectivity index (χ1) is 9.56. The van der Waals surface area contributed by atoms with Crippen LogP contribution in [0.3, 0.4) is 0 Å². The fraction of sp³-hybridized carbons (Fsp3) is 0. The van der Waals surface area contributed by atoms with Crippen molar-refractivity contribution in [3.05, 3.63) is 53.2 Å². The van der Waals surface area contributed by atoms with Crippen LogP contribution >= 0.6 is 11.6 Å². The maximum atomic E-state index is 13.2. The number of halogens is 2. The van der Waals surface area contributed by atoms with E-state index in [-0.39, 0.29) is 16.5 Å². The Morgan fingerprint density at radius 2 is 2.15 bits per heavy atom. The van der Waals surface area contributed by atoms with Crippen molar-refractivity contribution in [2.24, 2.45) is 0 Å². The Labute approximate surface area is 117 Å². The Balaban J connectivity index is 2.24. The van der Waals surface area contributed by atoms with Gasteiger partial charge in [0.2, 0.25) is 5.78 Å². The molecule has 0 bridgehead atoms. The van der Waals surface area contributed by atoms with Crippen molar-refractivity contribution in [1.29, 1.82) is 0 Å². The number of rotatable bonds is 2. The molecule has 0 aliphatic rings. The van der Waals surface area contributed by atoms with Gasteiger partial charge in [-0.15, -0.1) is 0 Å². The molecule has 3 aromatic rings. The molecule has 0 aliphatic heterocycles. The second kappa shape index (κ2) is 4.57. The first-order valence-electron chi connectivity index (χ1n) is 5.59. The predicted octanol–water partition coefficient (Wildman–Crippen LogP) is 2.89. The fourth-order valence-electron chi connectivity index (χ4n) is 1.89. The summed E-state index contributed by atoms with van der Waals surface area (Å²) in [4.78, 5) is 18.8.